The fourth-order valence-corrected chi connectivity index (χ4v) is 5.67. The Balaban J connectivity index is 1.52. The van der Waals surface area contributed by atoms with E-state index < -0.39 is 0 Å². The highest BCUT2D eigenvalue weighted by atomic mass is 32.1. The lowest BCUT2D eigenvalue weighted by molar-refractivity contribution is 0.210. The first-order chi connectivity index (χ1) is 16.5. The molecule has 1 saturated heterocycles. The van der Waals surface area contributed by atoms with Crippen LogP contribution in [0.2, 0.25) is 0 Å². The first-order valence-corrected chi connectivity index (χ1v) is 11.8. The Kier molecular flexibility index (Phi) is 6.01. The minimum Gasteiger partial charge on any atom is -0.493 e. The van der Waals surface area contributed by atoms with E-state index in [9.17, 15) is 9.50 Å². The number of rotatable bonds is 6. The Morgan fingerprint density at radius 1 is 1.03 bits per heavy atom. The zero-order chi connectivity index (χ0) is 23.8. The van der Waals surface area contributed by atoms with Gasteiger partial charge in [-0.25, -0.2) is 9.37 Å². The Bertz CT molecular complexity index is 1320. The van der Waals surface area contributed by atoms with Crippen LogP contribution in [0.4, 0.5) is 10.1 Å². The zero-order valence-electron chi connectivity index (χ0n) is 19.2. The summed E-state index contributed by atoms with van der Waals surface area (Å²) in [6, 6.07) is 12.4. The Morgan fingerprint density at radius 2 is 1.76 bits per heavy atom. The molecule has 3 heterocycles. The van der Waals surface area contributed by atoms with Gasteiger partial charge in [0.25, 0.3) is 0 Å². The molecular weight excluding hydrogens is 457 g/mol. The summed E-state index contributed by atoms with van der Waals surface area (Å²) in [5.41, 5.74) is 1.57. The van der Waals surface area contributed by atoms with Crippen LogP contribution in [0, 0.1) is 12.7 Å². The molecule has 0 saturated carbocycles. The van der Waals surface area contributed by atoms with E-state index in [4.69, 9.17) is 9.47 Å². The zero-order valence-corrected chi connectivity index (χ0v) is 20.0. The Morgan fingerprint density at radius 3 is 2.44 bits per heavy atom. The molecule has 0 radical (unpaired) electrons. The van der Waals surface area contributed by atoms with E-state index in [2.05, 4.69) is 19.9 Å². The van der Waals surface area contributed by atoms with Crippen LogP contribution >= 0.6 is 11.3 Å². The van der Waals surface area contributed by atoms with Crippen molar-refractivity contribution in [3.8, 4) is 17.4 Å². The van der Waals surface area contributed by atoms with Crippen LogP contribution in [0.15, 0.2) is 42.5 Å². The molecular formula is C24H26FN5O3S. The summed E-state index contributed by atoms with van der Waals surface area (Å²) in [6.45, 7) is 4.47. The van der Waals surface area contributed by atoms with Crippen LogP contribution < -0.4 is 14.4 Å². The van der Waals surface area contributed by atoms with Gasteiger partial charge in [-0.05, 0) is 36.8 Å². The van der Waals surface area contributed by atoms with Crippen molar-refractivity contribution >= 4 is 22.0 Å². The van der Waals surface area contributed by atoms with Crippen molar-refractivity contribution in [2.45, 2.75) is 13.0 Å². The monoisotopic (exact) mass is 483 g/mol. The number of piperazine rings is 1. The van der Waals surface area contributed by atoms with Crippen LogP contribution in [-0.4, -0.2) is 65.0 Å². The maximum atomic E-state index is 14.4. The number of hydrogen-bond acceptors (Lipinski definition) is 8. The van der Waals surface area contributed by atoms with Crippen LogP contribution in [0.3, 0.4) is 0 Å². The number of halogens is 1. The molecule has 2 aromatic heterocycles. The summed E-state index contributed by atoms with van der Waals surface area (Å²) < 4.78 is 26.8. The fourth-order valence-electron chi connectivity index (χ4n) is 4.51. The van der Waals surface area contributed by atoms with Gasteiger partial charge in [-0.3, -0.25) is 4.90 Å². The van der Waals surface area contributed by atoms with Crippen molar-refractivity contribution in [3.05, 3.63) is 64.5 Å². The molecule has 4 aromatic rings. The van der Waals surface area contributed by atoms with Crippen LogP contribution in [0.25, 0.3) is 4.96 Å². The third-order valence-electron chi connectivity index (χ3n) is 6.15. The number of aromatic hydroxyl groups is 1. The maximum Gasteiger partial charge on any atom is 0.230 e. The van der Waals surface area contributed by atoms with Gasteiger partial charge in [0.15, 0.2) is 11.5 Å². The second-order valence-electron chi connectivity index (χ2n) is 8.13. The molecule has 0 spiro atoms. The molecule has 1 aliphatic rings. The highest BCUT2D eigenvalue weighted by Crippen LogP contribution is 2.42. The summed E-state index contributed by atoms with van der Waals surface area (Å²) in [5, 5.41) is 15.4. The lowest BCUT2D eigenvalue weighted by atomic mass is 10.0. The van der Waals surface area contributed by atoms with Gasteiger partial charge in [-0.15, -0.1) is 5.10 Å². The highest BCUT2D eigenvalue weighted by molar-refractivity contribution is 7.17. The van der Waals surface area contributed by atoms with Gasteiger partial charge in [0, 0.05) is 26.2 Å². The molecule has 1 unspecified atom stereocenters. The molecule has 5 rings (SSSR count). The first kappa shape index (κ1) is 22.4. The molecule has 178 valence electrons. The molecule has 1 N–H and O–H groups in total. The number of aryl methyl sites for hydroxylation is 1. The van der Waals surface area contributed by atoms with E-state index in [1.807, 2.05) is 30.3 Å². The van der Waals surface area contributed by atoms with Gasteiger partial charge in [-0.1, -0.05) is 29.5 Å². The van der Waals surface area contributed by atoms with Crippen molar-refractivity contribution in [2.24, 2.45) is 0 Å². The normalized spacial score (nSPS) is 15.6. The van der Waals surface area contributed by atoms with Crippen molar-refractivity contribution < 1.29 is 19.0 Å². The van der Waals surface area contributed by atoms with Gasteiger partial charge >= 0.3 is 0 Å². The average Bonchev–Trinajstić information content (AvgIpc) is 3.36. The quantitative estimate of drug-likeness (QED) is 0.446. The van der Waals surface area contributed by atoms with Crippen molar-refractivity contribution in [2.75, 3.05) is 45.3 Å². The molecule has 0 aliphatic carbocycles. The van der Waals surface area contributed by atoms with E-state index in [1.54, 1.807) is 27.2 Å². The third-order valence-corrected chi connectivity index (χ3v) is 7.22. The Hall–Kier alpha value is -3.37. The minimum atomic E-state index is -0.253. The van der Waals surface area contributed by atoms with Crippen LogP contribution in [0.1, 0.15) is 22.3 Å². The van der Waals surface area contributed by atoms with Crippen molar-refractivity contribution in [1.29, 1.82) is 0 Å². The molecule has 10 heteroatoms. The summed E-state index contributed by atoms with van der Waals surface area (Å²) in [5.74, 6) is 1.72. The van der Waals surface area contributed by atoms with E-state index >= 15 is 0 Å². The predicted molar refractivity (Wildman–Crippen MR) is 129 cm³/mol. The smallest absolute Gasteiger partial charge is 0.230 e. The number of benzene rings is 2. The number of anilines is 1. The first-order valence-electron chi connectivity index (χ1n) is 11.0. The largest absolute Gasteiger partial charge is 0.493 e. The maximum absolute atomic E-state index is 14.4. The number of fused-ring (bicyclic) bond motifs is 1. The number of hydrogen-bond donors (Lipinski definition) is 1. The van der Waals surface area contributed by atoms with E-state index in [-0.39, 0.29) is 17.7 Å². The summed E-state index contributed by atoms with van der Waals surface area (Å²) >= 11 is 1.42. The Labute approximate surface area is 200 Å². The standard InChI is InChI=1S/C24H26FN5O3S/c1-15-26-24-30(27-15)23(31)22(34-24)21(16-8-9-19(32-2)20(14-16)33-3)29-12-10-28(11-13-29)18-7-5-4-6-17(18)25/h4-9,14,21,31H,10-13H2,1-3H3. The number of ether oxygens (including phenoxy) is 2. The molecule has 1 atom stereocenters. The van der Waals surface area contributed by atoms with Gasteiger partial charge in [0.2, 0.25) is 10.8 Å². The van der Waals surface area contributed by atoms with E-state index in [0.717, 1.165) is 10.4 Å². The molecule has 1 aliphatic heterocycles. The lowest BCUT2D eigenvalue weighted by Crippen LogP contribution is -2.48. The second kappa shape index (κ2) is 9.11. The fraction of sp³-hybridized carbons (Fsp3) is 0.333. The van der Waals surface area contributed by atoms with Gasteiger partial charge in [0.1, 0.15) is 11.6 Å². The average molecular weight is 484 g/mol. The predicted octanol–water partition coefficient (Wildman–Crippen LogP) is 3.87. The summed E-state index contributed by atoms with van der Waals surface area (Å²) in [4.78, 5) is 10.2. The topological polar surface area (TPSA) is 75.4 Å². The SMILES string of the molecule is COc1ccc(C(c2sc3nc(C)nn3c2O)N2CCN(c3ccccc3F)CC2)cc1OC. The van der Waals surface area contributed by atoms with E-state index in [1.165, 1.54) is 21.9 Å². The summed E-state index contributed by atoms with van der Waals surface area (Å²) in [6.07, 6.45) is 0. The molecule has 0 amide bonds. The number of methoxy groups -OCH3 is 2. The number of nitrogens with zero attached hydrogens (tertiary/aromatic N) is 5. The number of aromatic nitrogens is 3. The number of thiazole rings is 1. The lowest BCUT2D eigenvalue weighted by Gasteiger charge is -2.40. The van der Waals surface area contributed by atoms with Crippen molar-refractivity contribution in [1.82, 2.24) is 19.5 Å². The van der Waals surface area contributed by atoms with Crippen LogP contribution in [0.5, 0.6) is 17.4 Å². The minimum absolute atomic E-state index is 0.0805. The molecule has 2 aromatic carbocycles. The van der Waals surface area contributed by atoms with Crippen molar-refractivity contribution in [3.63, 3.8) is 0 Å². The number of para-hydroxylation sites is 1. The van der Waals surface area contributed by atoms with Crippen LogP contribution in [-0.2, 0) is 0 Å². The van der Waals surface area contributed by atoms with Gasteiger partial charge in [0.05, 0.1) is 30.8 Å². The molecule has 1 fully saturated rings. The molecule has 0 bridgehead atoms. The third kappa shape index (κ3) is 3.92. The molecule has 34 heavy (non-hydrogen) atoms. The van der Waals surface area contributed by atoms with E-state index in [0.29, 0.717) is 54.2 Å². The summed E-state index contributed by atoms with van der Waals surface area (Å²) in [7, 11) is 3.21. The highest BCUT2D eigenvalue weighted by Gasteiger charge is 2.32. The van der Waals surface area contributed by atoms with Gasteiger partial charge < -0.3 is 19.5 Å². The second-order valence-corrected chi connectivity index (χ2v) is 9.14. The molecule has 8 nitrogen and oxygen atoms in total. The van der Waals surface area contributed by atoms with Gasteiger partial charge in [-0.2, -0.15) is 4.52 Å².